The molecule has 0 saturated heterocycles. The van der Waals surface area contributed by atoms with Crippen molar-refractivity contribution in [2.45, 2.75) is 33.2 Å². The van der Waals surface area contributed by atoms with Gasteiger partial charge >= 0.3 is 0 Å². The van der Waals surface area contributed by atoms with E-state index in [1.165, 1.54) is 0 Å². The highest BCUT2D eigenvalue weighted by Crippen LogP contribution is 2.20. The Morgan fingerprint density at radius 3 is 2.94 bits per heavy atom. The zero-order chi connectivity index (χ0) is 13.0. The summed E-state index contributed by atoms with van der Waals surface area (Å²) in [5, 5.41) is 11.5. The molecular formula is C13H18N4O. The van der Waals surface area contributed by atoms with Gasteiger partial charge in [0.1, 0.15) is 0 Å². The second-order valence-corrected chi connectivity index (χ2v) is 4.31. The number of hydrogen-bond donors (Lipinski definition) is 1. The van der Waals surface area contributed by atoms with Gasteiger partial charge in [0.15, 0.2) is 0 Å². The monoisotopic (exact) mass is 246 g/mol. The van der Waals surface area contributed by atoms with Gasteiger partial charge in [0, 0.05) is 17.5 Å². The predicted molar refractivity (Wildman–Crippen MR) is 69.0 cm³/mol. The average Bonchev–Trinajstić information content (AvgIpc) is 2.85. The van der Waals surface area contributed by atoms with Gasteiger partial charge in [-0.15, -0.1) is 10.2 Å². The molecule has 2 aromatic rings. The Balaban J connectivity index is 2.15. The molecule has 0 spiro atoms. The minimum atomic E-state index is 0.0779. The lowest BCUT2D eigenvalue weighted by Gasteiger charge is -2.07. The van der Waals surface area contributed by atoms with Crippen molar-refractivity contribution in [1.29, 1.82) is 0 Å². The van der Waals surface area contributed by atoms with Crippen LogP contribution in [0.1, 0.15) is 37.9 Å². The third-order valence-corrected chi connectivity index (χ3v) is 2.66. The maximum atomic E-state index is 5.67. The second kappa shape index (κ2) is 5.73. The molecule has 0 aromatic carbocycles. The number of nitrogens with one attached hydrogen (secondary N) is 1. The van der Waals surface area contributed by atoms with Gasteiger partial charge < -0.3 is 9.73 Å². The molecule has 0 aliphatic rings. The average molecular weight is 246 g/mol. The Morgan fingerprint density at radius 1 is 1.39 bits per heavy atom. The van der Waals surface area contributed by atoms with Gasteiger partial charge in [0.2, 0.25) is 11.8 Å². The quantitative estimate of drug-likeness (QED) is 0.878. The lowest BCUT2D eigenvalue weighted by Crippen LogP contribution is -2.19. The summed E-state index contributed by atoms with van der Waals surface area (Å²) in [4.78, 5) is 4.15. The van der Waals surface area contributed by atoms with Gasteiger partial charge in [0.25, 0.3) is 0 Å². The molecule has 1 atom stereocenters. The van der Waals surface area contributed by atoms with Gasteiger partial charge in [-0.25, -0.2) is 0 Å². The molecule has 0 saturated carbocycles. The molecule has 0 aliphatic heterocycles. The summed E-state index contributed by atoms with van der Waals surface area (Å²) in [5.74, 6) is 1.16. The van der Waals surface area contributed by atoms with Gasteiger partial charge in [-0.05, 0) is 38.9 Å². The van der Waals surface area contributed by atoms with E-state index in [0.29, 0.717) is 11.8 Å². The molecule has 18 heavy (non-hydrogen) atoms. The lowest BCUT2D eigenvalue weighted by molar-refractivity contribution is 0.423. The van der Waals surface area contributed by atoms with Gasteiger partial charge in [-0.3, -0.25) is 4.98 Å². The number of pyridine rings is 1. The highest BCUT2D eigenvalue weighted by Gasteiger charge is 2.14. The Hall–Kier alpha value is -1.75. The van der Waals surface area contributed by atoms with Gasteiger partial charge in [-0.2, -0.15) is 0 Å². The summed E-state index contributed by atoms with van der Waals surface area (Å²) in [6.07, 6.45) is 2.82. The second-order valence-electron chi connectivity index (χ2n) is 4.31. The topological polar surface area (TPSA) is 63.8 Å². The molecule has 2 rings (SSSR count). The van der Waals surface area contributed by atoms with E-state index in [2.05, 4.69) is 27.4 Å². The predicted octanol–water partition coefficient (Wildman–Crippen LogP) is 2.50. The Kier molecular flexibility index (Phi) is 4.04. The van der Waals surface area contributed by atoms with Crippen molar-refractivity contribution < 1.29 is 4.42 Å². The van der Waals surface area contributed by atoms with E-state index in [1.54, 1.807) is 6.20 Å². The van der Waals surface area contributed by atoms with Crippen molar-refractivity contribution >= 4 is 0 Å². The maximum absolute atomic E-state index is 5.67. The molecule has 0 aliphatic carbocycles. The molecular weight excluding hydrogens is 228 g/mol. The van der Waals surface area contributed by atoms with Crippen LogP contribution in [0.2, 0.25) is 0 Å². The molecule has 5 nitrogen and oxygen atoms in total. The zero-order valence-corrected chi connectivity index (χ0v) is 11.0. The van der Waals surface area contributed by atoms with Crippen LogP contribution in [-0.4, -0.2) is 21.7 Å². The van der Waals surface area contributed by atoms with Gasteiger partial charge in [0.05, 0.1) is 6.04 Å². The van der Waals surface area contributed by atoms with Crippen molar-refractivity contribution in [1.82, 2.24) is 20.5 Å². The van der Waals surface area contributed by atoms with E-state index >= 15 is 0 Å². The van der Waals surface area contributed by atoms with Crippen molar-refractivity contribution in [3.05, 3.63) is 29.9 Å². The highest BCUT2D eigenvalue weighted by atomic mass is 16.4. The molecule has 2 aromatic heterocycles. The molecule has 5 heteroatoms. The van der Waals surface area contributed by atoms with Crippen LogP contribution < -0.4 is 5.32 Å². The molecule has 0 bridgehead atoms. The molecule has 0 amide bonds. The summed E-state index contributed by atoms with van der Waals surface area (Å²) >= 11 is 0. The first-order valence-electron chi connectivity index (χ1n) is 6.20. The molecule has 0 fully saturated rings. The molecule has 96 valence electrons. The van der Waals surface area contributed by atoms with Crippen LogP contribution in [-0.2, 0) is 0 Å². The van der Waals surface area contributed by atoms with Crippen LogP contribution in [0.25, 0.3) is 11.5 Å². The molecule has 2 heterocycles. The fourth-order valence-electron chi connectivity index (χ4n) is 1.65. The number of rotatable bonds is 5. The van der Waals surface area contributed by atoms with Crippen LogP contribution in [0.4, 0.5) is 0 Å². The largest absolute Gasteiger partial charge is 0.419 e. The van der Waals surface area contributed by atoms with Crippen molar-refractivity contribution in [3.8, 4) is 11.5 Å². The fraction of sp³-hybridized carbons (Fsp3) is 0.462. The number of aryl methyl sites for hydroxylation is 1. The minimum absolute atomic E-state index is 0.0779. The summed E-state index contributed by atoms with van der Waals surface area (Å²) in [5.41, 5.74) is 1.84. The Labute approximate surface area is 107 Å². The first kappa shape index (κ1) is 12.7. The van der Waals surface area contributed by atoms with E-state index < -0.39 is 0 Å². The van der Waals surface area contributed by atoms with Crippen LogP contribution in [0.3, 0.4) is 0 Å². The molecule has 1 unspecified atom stereocenters. The van der Waals surface area contributed by atoms with Crippen molar-refractivity contribution in [2.75, 3.05) is 6.54 Å². The van der Waals surface area contributed by atoms with E-state index in [4.69, 9.17) is 4.42 Å². The van der Waals surface area contributed by atoms with E-state index in [9.17, 15) is 0 Å². The third-order valence-electron chi connectivity index (χ3n) is 2.66. The smallest absolute Gasteiger partial charge is 0.247 e. The number of hydrogen-bond acceptors (Lipinski definition) is 5. The SMILES string of the molecule is CCCNC(C)c1nnc(-c2ccnc(C)c2)o1. The summed E-state index contributed by atoms with van der Waals surface area (Å²) in [6.45, 7) is 7.02. The Bertz CT molecular complexity index is 509. The van der Waals surface area contributed by atoms with Crippen LogP contribution in [0.15, 0.2) is 22.7 Å². The van der Waals surface area contributed by atoms with Crippen LogP contribution >= 0.6 is 0 Å². The molecule has 0 radical (unpaired) electrons. The standard InChI is InChI=1S/C13H18N4O/c1-4-6-15-10(3)12-16-17-13(18-12)11-5-7-14-9(2)8-11/h5,7-8,10,15H,4,6H2,1-3H3. The fourth-order valence-corrected chi connectivity index (χ4v) is 1.65. The van der Waals surface area contributed by atoms with Crippen molar-refractivity contribution in [2.24, 2.45) is 0 Å². The first-order valence-corrected chi connectivity index (χ1v) is 6.20. The number of nitrogens with zero attached hydrogens (tertiary/aromatic N) is 3. The first-order chi connectivity index (χ1) is 8.70. The Morgan fingerprint density at radius 2 is 2.22 bits per heavy atom. The van der Waals surface area contributed by atoms with E-state index in [-0.39, 0.29) is 6.04 Å². The molecule has 1 N–H and O–H groups in total. The van der Waals surface area contributed by atoms with Crippen LogP contribution in [0.5, 0.6) is 0 Å². The van der Waals surface area contributed by atoms with E-state index in [0.717, 1.165) is 24.2 Å². The maximum Gasteiger partial charge on any atom is 0.247 e. The van der Waals surface area contributed by atoms with E-state index in [1.807, 2.05) is 26.0 Å². The van der Waals surface area contributed by atoms with Crippen molar-refractivity contribution in [3.63, 3.8) is 0 Å². The van der Waals surface area contributed by atoms with Crippen LogP contribution in [0, 0.1) is 6.92 Å². The van der Waals surface area contributed by atoms with Gasteiger partial charge in [-0.1, -0.05) is 6.92 Å². The summed E-state index contributed by atoms with van der Waals surface area (Å²) < 4.78 is 5.67. The zero-order valence-electron chi connectivity index (χ0n) is 11.0. The summed E-state index contributed by atoms with van der Waals surface area (Å²) in [7, 11) is 0. The third kappa shape index (κ3) is 2.92. The normalized spacial score (nSPS) is 12.6. The highest BCUT2D eigenvalue weighted by molar-refractivity contribution is 5.52. The minimum Gasteiger partial charge on any atom is -0.419 e. The lowest BCUT2D eigenvalue weighted by atomic mass is 10.2. The number of aromatic nitrogens is 3. The summed E-state index contributed by atoms with van der Waals surface area (Å²) in [6, 6.07) is 3.88.